The first kappa shape index (κ1) is 17.4. The van der Waals surface area contributed by atoms with Crippen LogP contribution in [0.5, 0.6) is 0 Å². The van der Waals surface area contributed by atoms with Crippen molar-refractivity contribution in [1.82, 2.24) is 24.4 Å². The Morgan fingerprint density at radius 3 is 2.60 bits per heavy atom. The first-order valence-electron chi connectivity index (χ1n) is 7.04. The molecule has 0 unspecified atom stereocenters. The number of esters is 1. The number of alkyl halides is 3. The number of fused-ring (bicyclic) bond motifs is 1. The zero-order chi connectivity index (χ0) is 18.4. The number of carbonyl (C=O) groups excluding carboxylic acids is 1. The predicted octanol–water partition coefficient (Wildman–Crippen LogP) is 3.18. The zero-order valence-corrected chi connectivity index (χ0v) is 14.6. The normalized spacial score (nSPS) is 11.9. The Balaban J connectivity index is 2.30. The molecule has 0 aliphatic carbocycles. The summed E-state index contributed by atoms with van der Waals surface area (Å²) in [6.07, 6.45) is -3.00. The van der Waals surface area contributed by atoms with Crippen molar-refractivity contribution in [1.29, 1.82) is 0 Å². The molecular weight excluding hydrogens is 407 g/mol. The second-order valence-electron chi connectivity index (χ2n) is 4.97. The highest BCUT2D eigenvalue weighted by Crippen LogP contribution is 2.36. The van der Waals surface area contributed by atoms with Crippen LogP contribution < -0.4 is 0 Å². The van der Waals surface area contributed by atoms with E-state index in [2.05, 4.69) is 35.8 Å². The number of hydrogen-bond acceptors (Lipinski definition) is 5. The van der Waals surface area contributed by atoms with Crippen LogP contribution >= 0.6 is 15.9 Å². The monoisotopic (exact) mass is 417 g/mol. The van der Waals surface area contributed by atoms with E-state index in [1.54, 1.807) is 16.9 Å². The van der Waals surface area contributed by atoms with Gasteiger partial charge in [-0.3, -0.25) is 4.68 Å². The van der Waals surface area contributed by atoms with Gasteiger partial charge in [0.1, 0.15) is 5.69 Å². The van der Waals surface area contributed by atoms with Crippen LogP contribution in [0.1, 0.15) is 23.1 Å². The van der Waals surface area contributed by atoms with Gasteiger partial charge in [0.15, 0.2) is 17.0 Å². The molecular formula is C14H11BrF3N5O2. The molecule has 3 aromatic rings. The van der Waals surface area contributed by atoms with Crippen molar-refractivity contribution < 1.29 is 22.7 Å². The summed E-state index contributed by atoms with van der Waals surface area (Å²) in [6, 6.07) is 2.94. The van der Waals surface area contributed by atoms with Crippen LogP contribution in [0.3, 0.4) is 0 Å². The van der Waals surface area contributed by atoms with Gasteiger partial charge in [0.05, 0.1) is 17.3 Å². The summed E-state index contributed by atoms with van der Waals surface area (Å²) in [5, 5.41) is 7.72. The first-order valence-corrected chi connectivity index (χ1v) is 7.84. The maximum atomic E-state index is 13.1. The number of hydrogen-bond donors (Lipinski definition) is 0. The first-order chi connectivity index (χ1) is 11.8. The molecule has 0 spiro atoms. The summed E-state index contributed by atoms with van der Waals surface area (Å²) in [4.78, 5) is 16.2. The van der Waals surface area contributed by atoms with Crippen molar-refractivity contribution >= 4 is 27.5 Å². The van der Waals surface area contributed by atoms with E-state index in [1.807, 2.05) is 6.92 Å². The zero-order valence-electron chi connectivity index (χ0n) is 13.0. The molecule has 0 bridgehead atoms. The van der Waals surface area contributed by atoms with Crippen LogP contribution in [0.25, 0.3) is 17.0 Å². The molecule has 0 radical (unpaired) electrons. The van der Waals surface area contributed by atoms with E-state index >= 15 is 0 Å². The highest BCUT2D eigenvalue weighted by atomic mass is 79.9. The second kappa shape index (κ2) is 6.14. The summed E-state index contributed by atoms with van der Waals surface area (Å²) < 4.78 is 46.0. The Bertz CT molecular complexity index is 963. The van der Waals surface area contributed by atoms with Crippen molar-refractivity contribution in [3.05, 3.63) is 34.2 Å². The smallest absolute Gasteiger partial charge is 0.436 e. The summed E-state index contributed by atoms with van der Waals surface area (Å²) in [5.74, 6) is -0.840. The number of nitrogens with zero attached hydrogens (tertiary/aromatic N) is 5. The molecule has 25 heavy (non-hydrogen) atoms. The Labute approximate surface area is 147 Å². The molecule has 3 aromatic heterocycles. The van der Waals surface area contributed by atoms with E-state index in [-0.39, 0.29) is 21.5 Å². The minimum Gasteiger partial charge on any atom is -0.464 e. The van der Waals surface area contributed by atoms with Crippen molar-refractivity contribution in [3.63, 3.8) is 0 Å². The van der Waals surface area contributed by atoms with Crippen LogP contribution in [0.15, 0.2) is 22.8 Å². The van der Waals surface area contributed by atoms with E-state index < -0.39 is 17.8 Å². The van der Waals surface area contributed by atoms with Crippen molar-refractivity contribution in [2.45, 2.75) is 19.6 Å². The van der Waals surface area contributed by atoms with Gasteiger partial charge in [-0.15, -0.1) is 0 Å². The number of ether oxygens (including phenoxy) is 1. The SMILES string of the molecule is CCn1ccc(-c2cc(C(=O)OC)n3nc(C(F)(F)F)c(Br)c3n2)n1. The second-order valence-corrected chi connectivity index (χ2v) is 5.76. The van der Waals surface area contributed by atoms with Crippen LogP contribution in [0.2, 0.25) is 0 Å². The van der Waals surface area contributed by atoms with Gasteiger partial charge in [0.2, 0.25) is 0 Å². The fraction of sp³-hybridized carbons (Fsp3) is 0.286. The molecule has 7 nitrogen and oxygen atoms in total. The molecule has 0 aliphatic rings. The standard InChI is InChI=1S/C14H11BrF3N5O2/c1-3-22-5-4-7(20-22)8-6-9(13(24)25-2)23-12(19-8)10(15)11(21-23)14(16,17)18/h4-6H,3H2,1-2H3. The molecule has 3 heterocycles. The Morgan fingerprint density at radius 2 is 2.04 bits per heavy atom. The number of methoxy groups -OCH3 is 1. The molecule has 0 atom stereocenters. The van der Waals surface area contributed by atoms with Gasteiger partial charge in [-0.05, 0) is 35.0 Å². The van der Waals surface area contributed by atoms with Crippen molar-refractivity contribution in [3.8, 4) is 11.4 Å². The molecule has 0 N–H and O–H groups in total. The summed E-state index contributed by atoms with van der Waals surface area (Å²) in [5.41, 5.74) is -0.881. The number of aryl methyl sites for hydroxylation is 1. The highest BCUT2D eigenvalue weighted by Gasteiger charge is 2.38. The largest absolute Gasteiger partial charge is 0.464 e. The minimum absolute atomic E-state index is 0.156. The predicted molar refractivity (Wildman–Crippen MR) is 83.9 cm³/mol. The lowest BCUT2D eigenvalue weighted by Crippen LogP contribution is -2.12. The van der Waals surface area contributed by atoms with Gasteiger partial charge in [0.25, 0.3) is 0 Å². The van der Waals surface area contributed by atoms with Gasteiger partial charge in [-0.25, -0.2) is 14.3 Å². The lowest BCUT2D eigenvalue weighted by Gasteiger charge is -2.05. The van der Waals surface area contributed by atoms with E-state index in [0.29, 0.717) is 12.2 Å². The average Bonchev–Trinajstić information content (AvgIpc) is 3.18. The van der Waals surface area contributed by atoms with Gasteiger partial charge >= 0.3 is 12.1 Å². The Morgan fingerprint density at radius 1 is 1.32 bits per heavy atom. The number of rotatable bonds is 3. The van der Waals surface area contributed by atoms with Crippen LogP contribution in [-0.4, -0.2) is 37.5 Å². The van der Waals surface area contributed by atoms with Gasteiger partial charge in [0, 0.05) is 12.7 Å². The minimum atomic E-state index is -4.70. The maximum Gasteiger partial charge on any atom is 0.436 e. The lowest BCUT2D eigenvalue weighted by molar-refractivity contribution is -0.141. The van der Waals surface area contributed by atoms with Crippen molar-refractivity contribution in [2.75, 3.05) is 7.11 Å². The molecule has 11 heteroatoms. The van der Waals surface area contributed by atoms with E-state index in [9.17, 15) is 18.0 Å². The fourth-order valence-electron chi connectivity index (χ4n) is 2.23. The molecule has 0 fully saturated rings. The van der Waals surface area contributed by atoms with Crippen LogP contribution in [0.4, 0.5) is 13.2 Å². The maximum absolute atomic E-state index is 13.1. The van der Waals surface area contributed by atoms with Crippen molar-refractivity contribution in [2.24, 2.45) is 0 Å². The van der Waals surface area contributed by atoms with Crippen LogP contribution in [-0.2, 0) is 17.5 Å². The number of halogens is 4. The summed E-state index contributed by atoms with van der Waals surface area (Å²) in [6.45, 7) is 2.50. The number of aromatic nitrogens is 5. The molecule has 0 aliphatic heterocycles. The number of carbonyl (C=O) groups is 1. The molecule has 132 valence electrons. The lowest BCUT2D eigenvalue weighted by atomic mass is 10.2. The third-order valence-electron chi connectivity index (χ3n) is 3.42. The van der Waals surface area contributed by atoms with Gasteiger partial charge in [-0.2, -0.15) is 23.4 Å². The summed E-state index contributed by atoms with van der Waals surface area (Å²) in [7, 11) is 1.13. The molecule has 0 aromatic carbocycles. The van der Waals surface area contributed by atoms with E-state index in [4.69, 9.17) is 0 Å². The third kappa shape index (κ3) is 2.99. The molecule has 0 amide bonds. The molecule has 0 saturated carbocycles. The summed E-state index contributed by atoms with van der Waals surface area (Å²) >= 11 is 2.87. The Kier molecular flexibility index (Phi) is 4.27. The molecule has 0 saturated heterocycles. The molecule has 3 rings (SSSR count). The van der Waals surface area contributed by atoms with E-state index in [0.717, 1.165) is 11.6 Å². The van der Waals surface area contributed by atoms with E-state index in [1.165, 1.54) is 6.07 Å². The van der Waals surface area contributed by atoms with Gasteiger partial charge in [-0.1, -0.05) is 0 Å². The quantitative estimate of drug-likeness (QED) is 0.611. The van der Waals surface area contributed by atoms with Gasteiger partial charge < -0.3 is 4.74 Å². The highest BCUT2D eigenvalue weighted by molar-refractivity contribution is 9.10. The Hall–Kier alpha value is -2.43. The third-order valence-corrected chi connectivity index (χ3v) is 4.15. The fourth-order valence-corrected chi connectivity index (χ4v) is 2.79. The van der Waals surface area contributed by atoms with Crippen LogP contribution in [0, 0.1) is 0 Å². The topological polar surface area (TPSA) is 74.3 Å². The average molecular weight is 418 g/mol.